The normalized spacial score (nSPS) is 25.6. The lowest BCUT2D eigenvalue weighted by Crippen LogP contribution is -2.62. The van der Waals surface area contributed by atoms with Gasteiger partial charge >= 0.3 is 6.43 Å². The summed E-state index contributed by atoms with van der Waals surface area (Å²) in [7, 11) is 1.44. The number of unbranched alkanes of at least 4 members (excludes halogenated alkanes) is 1. The van der Waals surface area contributed by atoms with Crippen LogP contribution >= 0.6 is 0 Å². The van der Waals surface area contributed by atoms with Crippen LogP contribution in [0, 0.1) is 29.4 Å². The number of Topliss-reactive ketones (excluding diaryl/α,β-unsaturated/α-hetero) is 3. The van der Waals surface area contributed by atoms with Crippen LogP contribution < -0.4 is 52.8 Å². The Bertz CT molecular complexity index is 4200. The minimum Gasteiger partial charge on any atom is -0.497 e. The standard InChI is InChI=1S/C77H92F5N11O15/c1-41-63(95)33-49(30-50-39-86-58-22-17-52(79)36-57(50)58)71(101)89-61(31-46-14-13-45-15-16-51(78)35-56(45)46)75(105)92-40-53(80)37-62(92)72(102)91-67(42(2)94)73(103)90-60(29-44-9-18-54(107-4)19-10-44)76(106)93-26-7-23-77(93,3)65(97)34-48(69(84)99)28-43-11-20-55(21-12-43)108-27-25-85-66(98)38-59(88-74(104)68(81)82)64(96)32-47(70(100)87-41)8-5-6-24-83/h9-12,14-22,35-36,39,41-42,47-49,53,59-62,67-68,86,94H,5-8,13,23-34,37-38,40,83H2,1-4H3,(H2,84,99)(H,85,98)(H,87,100)(H,88,104)(H,89,101)(H,90,103)(H,91,102)/t41-,42-,47-,48-,49-,53+,59+,60+,61+,62+,67+,77+/m1/s1. The number of methoxy groups -OCH3 is 1. The molecule has 12 N–H and O–H groups in total. The Balaban J connectivity index is 1.07. The molecule has 1 aromatic heterocycles. The molecule has 9 amide bonds. The molecule has 0 spiro atoms. The molecule has 2 saturated heterocycles. The van der Waals surface area contributed by atoms with Gasteiger partial charge in [-0.25, -0.2) is 13.2 Å². The molecule has 0 saturated carbocycles. The topological polar surface area (TPSA) is 390 Å². The number of ketones is 3. The maximum Gasteiger partial charge on any atom is 0.315 e. The number of aromatic amines is 1. The van der Waals surface area contributed by atoms with Crippen LogP contribution in [0.25, 0.3) is 16.5 Å². The van der Waals surface area contributed by atoms with Crippen molar-refractivity contribution in [3.63, 3.8) is 0 Å². The first-order chi connectivity index (χ1) is 51.4. The van der Waals surface area contributed by atoms with Crippen LogP contribution in [0.1, 0.15) is 119 Å². The third-order valence-corrected chi connectivity index (χ3v) is 20.6. The van der Waals surface area contributed by atoms with Gasteiger partial charge < -0.3 is 72.7 Å². The molecule has 580 valence electrons. The highest BCUT2D eigenvalue weighted by Crippen LogP contribution is 2.36. The van der Waals surface area contributed by atoms with Crippen LogP contribution in [0.15, 0.2) is 97.2 Å². The second kappa shape index (κ2) is 36.9. The van der Waals surface area contributed by atoms with Crippen molar-refractivity contribution in [1.82, 2.24) is 46.7 Å². The number of carbonyl (C=O) groups is 12. The number of hydrogen-bond acceptors (Lipinski definition) is 16. The summed E-state index contributed by atoms with van der Waals surface area (Å²) in [6.45, 7) is 2.98. The zero-order chi connectivity index (χ0) is 78.3. The van der Waals surface area contributed by atoms with Gasteiger partial charge in [-0.05, 0) is 160 Å². The quantitative estimate of drug-likeness (QED) is 0.0519. The number of rotatable bonds is 15. The van der Waals surface area contributed by atoms with Crippen molar-refractivity contribution < 1.29 is 94.1 Å². The van der Waals surface area contributed by atoms with Gasteiger partial charge in [0.1, 0.15) is 60.1 Å². The first-order valence-corrected chi connectivity index (χ1v) is 36.1. The number of alkyl halides is 3. The monoisotopic (exact) mass is 1510 g/mol. The summed E-state index contributed by atoms with van der Waals surface area (Å²) in [5, 5.41) is 26.5. The van der Waals surface area contributed by atoms with Gasteiger partial charge in [-0.3, -0.25) is 57.5 Å². The summed E-state index contributed by atoms with van der Waals surface area (Å²) in [5.74, 6) is -16.5. The van der Waals surface area contributed by atoms with Crippen molar-refractivity contribution in [2.45, 2.75) is 178 Å². The van der Waals surface area contributed by atoms with E-state index in [2.05, 4.69) is 31.6 Å². The highest BCUT2D eigenvalue weighted by Gasteiger charge is 2.49. The number of nitrogens with zero attached hydrogens (tertiary/aromatic N) is 2. The molecular weight excluding hydrogens is 1410 g/mol. The van der Waals surface area contributed by atoms with Crippen molar-refractivity contribution in [3.8, 4) is 11.5 Å². The predicted molar refractivity (Wildman–Crippen MR) is 383 cm³/mol. The summed E-state index contributed by atoms with van der Waals surface area (Å²) in [4.78, 5) is 178. The second-order valence-electron chi connectivity index (χ2n) is 28.3. The Morgan fingerprint density at radius 1 is 0.778 bits per heavy atom. The fourth-order valence-corrected chi connectivity index (χ4v) is 14.4. The van der Waals surface area contributed by atoms with Gasteiger partial charge in [0.25, 0.3) is 5.91 Å². The maximum atomic E-state index is 16.2. The summed E-state index contributed by atoms with van der Waals surface area (Å²) >= 11 is 0. The number of nitrogens with two attached hydrogens (primary N) is 2. The zero-order valence-electron chi connectivity index (χ0n) is 60.4. The third-order valence-electron chi connectivity index (χ3n) is 20.6. The number of halogens is 5. The second-order valence-corrected chi connectivity index (χ2v) is 28.3. The van der Waals surface area contributed by atoms with Gasteiger partial charge in [0.2, 0.25) is 47.3 Å². The lowest BCUT2D eigenvalue weighted by molar-refractivity contribution is -0.147. The number of aliphatic hydroxyl groups excluding tert-OH is 1. The largest absolute Gasteiger partial charge is 0.497 e. The molecule has 26 nitrogen and oxygen atoms in total. The van der Waals surface area contributed by atoms with Crippen molar-refractivity contribution in [3.05, 3.63) is 137 Å². The van der Waals surface area contributed by atoms with E-state index < -0.39 is 205 Å². The Labute approximate surface area is 620 Å². The van der Waals surface area contributed by atoms with E-state index >= 15 is 27.6 Å². The lowest BCUT2D eigenvalue weighted by Gasteiger charge is -2.37. The number of aromatic nitrogens is 1. The number of fused-ring (bicyclic) bond motifs is 32. The van der Waals surface area contributed by atoms with E-state index in [1.54, 1.807) is 42.5 Å². The van der Waals surface area contributed by atoms with Gasteiger partial charge in [-0.2, -0.15) is 8.78 Å². The molecule has 108 heavy (non-hydrogen) atoms. The molecule has 2 fully saturated rings. The lowest BCUT2D eigenvalue weighted by atomic mass is 9.84. The molecule has 5 aromatic rings. The van der Waals surface area contributed by atoms with E-state index in [0.717, 1.165) is 11.8 Å². The average molecular weight is 1510 g/mol. The molecule has 2 bridgehead atoms. The van der Waals surface area contributed by atoms with E-state index in [4.69, 9.17) is 20.9 Å². The highest BCUT2D eigenvalue weighted by molar-refractivity contribution is 6.01. The van der Waals surface area contributed by atoms with E-state index in [9.17, 15) is 57.0 Å². The van der Waals surface area contributed by atoms with Crippen molar-refractivity contribution in [2.24, 2.45) is 29.2 Å². The number of primary amides is 1. The minimum atomic E-state index is -3.63. The van der Waals surface area contributed by atoms with E-state index in [1.807, 2.05) is 5.32 Å². The molecular formula is C77H92F5N11O15. The molecule has 31 heteroatoms. The molecule has 5 aliphatic rings. The number of aliphatic hydroxyl groups is 1. The van der Waals surface area contributed by atoms with Gasteiger partial charge in [-0.15, -0.1) is 0 Å². The number of nitrogens with one attached hydrogen (secondary N) is 7. The van der Waals surface area contributed by atoms with Crippen molar-refractivity contribution in [2.75, 3.05) is 39.9 Å². The maximum absolute atomic E-state index is 16.2. The molecule has 1 aliphatic carbocycles. The molecule has 12 atom stereocenters. The first kappa shape index (κ1) is 81.6. The number of amides is 9. The molecule has 4 aromatic carbocycles. The number of benzene rings is 4. The van der Waals surface area contributed by atoms with Gasteiger partial charge in [0.05, 0.1) is 50.3 Å². The van der Waals surface area contributed by atoms with Crippen LogP contribution in [0.2, 0.25) is 0 Å². The Morgan fingerprint density at radius 2 is 1.46 bits per heavy atom. The third kappa shape index (κ3) is 20.8. The van der Waals surface area contributed by atoms with Crippen molar-refractivity contribution >= 4 is 87.0 Å². The summed E-state index contributed by atoms with van der Waals surface area (Å²) < 4.78 is 85.1. The van der Waals surface area contributed by atoms with Gasteiger partial charge in [-0.1, -0.05) is 42.8 Å². The highest BCUT2D eigenvalue weighted by atomic mass is 19.3. The molecule has 5 heterocycles. The first-order valence-electron chi connectivity index (χ1n) is 36.1. The summed E-state index contributed by atoms with van der Waals surface area (Å²) in [6, 6.07) is 10.2. The van der Waals surface area contributed by atoms with Crippen LogP contribution in [0.5, 0.6) is 11.5 Å². The van der Waals surface area contributed by atoms with E-state index in [-0.39, 0.29) is 76.9 Å². The predicted octanol–water partition coefficient (Wildman–Crippen LogP) is 4.16. The zero-order valence-corrected chi connectivity index (χ0v) is 60.4. The Hall–Kier alpha value is -10.4. The number of H-pyrrole nitrogens is 1. The fourth-order valence-electron chi connectivity index (χ4n) is 14.4. The van der Waals surface area contributed by atoms with Crippen LogP contribution in [0.4, 0.5) is 22.0 Å². The molecule has 0 unspecified atom stereocenters. The molecule has 0 radical (unpaired) electrons. The van der Waals surface area contributed by atoms with Crippen molar-refractivity contribution in [1.29, 1.82) is 0 Å². The van der Waals surface area contributed by atoms with Gasteiger partial charge in [0.15, 0.2) is 17.3 Å². The number of allylic oxidation sites excluding steroid dienone is 1. The Kier molecular flexibility index (Phi) is 27.9. The fraction of sp³-hybridized carbons (Fsp3) is 0.481. The number of carbonyl (C=O) groups excluding carboxylic acids is 12. The molecule has 4 aliphatic heterocycles. The minimum absolute atomic E-state index is 0.0103. The SMILES string of the molecule is COc1ccc(C[C@@H]2NC(=O)[C@H]([C@@H](C)O)NC(=O)[C@@H]3C[C@H](F)CN3C(=O)[C@H](CC3=CCc4ccc(F)cc43)NC(=O)[C@H](Cc3c[nH]c4ccc(F)cc34)CC(=O)[C@@H](C)NC(=O)[C@H](CCCCN)CC(=O)[C@@H](NC(=O)C(F)F)CC(=O)NCCOc3ccc(cc3)C[C@@H](C(N)=O)CC(=O)[C@]3(C)CCCN3C2=O)cc1. The number of ether oxygens (including phenoxy) is 2. The summed E-state index contributed by atoms with van der Waals surface area (Å²) in [5.41, 5.74) is 13.2. The van der Waals surface area contributed by atoms with Crippen LogP contribution in [-0.2, 0) is 83.2 Å². The van der Waals surface area contributed by atoms with Gasteiger partial charge in [0, 0.05) is 79.9 Å². The van der Waals surface area contributed by atoms with Crippen LogP contribution in [0.3, 0.4) is 0 Å². The Morgan fingerprint density at radius 3 is 2.16 bits per heavy atom. The average Bonchev–Trinajstić information content (AvgIpc) is 1.39. The summed E-state index contributed by atoms with van der Waals surface area (Å²) in [6.07, 6.45) is -7.43. The van der Waals surface area contributed by atoms with E-state index in [0.29, 0.717) is 62.9 Å². The smallest absolute Gasteiger partial charge is 0.315 e. The molecule has 10 rings (SSSR count). The van der Waals surface area contributed by atoms with Crippen LogP contribution in [-0.4, -0.2) is 191 Å². The number of hydrogen-bond donors (Lipinski definition) is 10. The van der Waals surface area contributed by atoms with E-state index in [1.165, 1.54) is 80.6 Å².